The maximum atomic E-state index is 13.1. The topological polar surface area (TPSA) is 75.4 Å². The van der Waals surface area contributed by atoms with E-state index in [2.05, 4.69) is 46.4 Å². The molecule has 1 saturated heterocycles. The highest BCUT2D eigenvalue weighted by atomic mass is 16.3. The van der Waals surface area contributed by atoms with E-state index in [1.807, 2.05) is 24.3 Å². The molecule has 2 aliphatic carbocycles. The van der Waals surface area contributed by atoms with Gasteiger partial charge in [-0.25, -0.2) is 4.98 Å². The smallest absolute Gasteiger partial charge is 0.228 e. The fourth-order valence-electron chi connectivity index (χ4n) is 6.15. The Morgan fingerprint density at radius 1 is 1.09 bits per heavy atom. The number of hydrogen-bond donors (Lipinski definition) is 1. The number of carbonyl (C=O) groups is 2. The first-order chi connectivity index (χ1) is 17.0. The van der Waals surface area contributed by atoms with Crippen LogP contribution in [0.3, 0.4) is 0 Å². The number of rotatable bonds is 5. The van der Waals surface area contributed by atoms with Gasteiger partial charge in [-0.1, -0.05) is 43.3 Å². The van der Waals surface area contributed by atoms with Gasteiger partial charge in [0.25, 0.3) is 0 Å². The van der Waals surface area contributed by atoms with Gasteiger partial charge in [-0.3, -0.25) is 9.59 Å². The summed E-state index contributed by atoms with van der Waals surface area (Å²) in [4.78, 5) is 32.0. The van der Waals surface area contributed by atoms with Crippen LogP contribution < -0.4 is 5.32 Å². The molecule has 3 aromatic rings. The average molecular weight is 470 g/mol. The Morgan fingerprint density at radius 3 is 2.63 bits per heavy atom. The maximum absolute atomic E-state index is 13.1. The van der Waals surface area contributed by atoms with E-state index in [0.29, 0.717) is 18.1 Å². The van der Waals surface area contributed by atoms with Crippen LogP contribution in [0.1, 0.15) is 62.5 Å². The van der Waals surface area contributed by atoms with E-state index < -0.39 is 0 Å². The Labute approximate surface area is 205 Å². The van der Waals surface area contributed by atoms with Crippen molar-refractivity contribution in [3.63, 3.8) is 0 Å². The number of nitrogens with one attached hydrogen (secondary N) is 1. The van der Waals surface area contributed by atoms with Gasteiger partial charge in [0, 0.05) is 36.2 Å². The van der Waals surface area contributed by atoms with Crippen molar-refractivity contribution in [2.24, 2.45) is 5.41 Å². The zero-order valence-electron chi connectivity index (χ0n) is 20.1. The first kappa shape index (κ1) is 22.1. The highest BCUT2D eigenvalue weighted by Gasteiger charge is 2.50. The minimum atomic E-state index is -0.108. The molecule has 0 bridgehead atoms. The molecule has 1 atom stereocenters. The summed E-state index contributed by atoms with van der Waals surface area (Å²) in [6.07, 6.45) is 8.49. The van der Waals surface area contributed by atoms with Crippen LogP contribution >= 0.6 is 0 Å². The quantitative estimate of drug-likeness (QED) is 0.534. The van der Waals surface area contributed by atoms with Crippen LogP contribution in [-0.2, 0) is 15.0 Å². The van der Waals surface area contributed by atoms with Crippen LogP contribution in [0.4, 0.5) is 5.69 Å². The third kappa shape index (κ3) is 4.05. The average Bonchev–Trinajstić information content (AvgIpc) is 3.28. The number of aromatic nitrogens is 1. The van der Waals surface area contributed by atoms with Crippen molar-refractivity contribution in [2.75, 3.05) is 18.4 Å². The molecule has 1 saturated carbocycles. The maximum Gasteiger partial charge on any atom is 0.228 e. The van der Waals surface area contributed by atoms with Gasteiger partial charge in [0.2, 0.25) is 11.8 Å². The van der Waals surface area contributed by atoms with Gasteiger partial charge in [-0.05, 0) is 66.7 Å². The van der Waals surface area contributed by atoms with Crippen LogP contribution in [0.15, 0.2) is 65.5 Å². The molecule has 3 aliphatic rings. The fourth-order valence-corrected chi connectivity index (χ4v) is 6.15. The minimum Gasteiger partial charge on any atom is -0.444 e. The molecule has 35 heavy (non-hydrogen) atoms. The van der Waals surface area contributed by atoms with Gasteiger partial charge >= 0.3 is 0 Å². The second kappa shape index (κ2) is 8.36. The first-order valence-corrected chi connectivity index (χ1v) is 12.6. The normalized spacial score (nSPS) is 21.5. The molecule has 180 valence electrons. The molecule has 6 heteroatoms. The van der Waals surface area contributed by atoms with Crippen molar-refractivity contribution >= 4 is 17.5 Å². The molecule has 6 nitrogen and oxygen atoms in total. The number of benzene rings is 2. The van der Waals surface area contributed by atoms with Crippen LogP contribution in [0, 0.1) is 5.41 Å². The number of amides is 2. The molecule has 2 fully saturated rings. The molecule has 2 heterocycles. The highest BCUT2D eigenvalue weighted by Crippen LogP contribution is 2.54. The van der Waals surface area contributed by atoms with Gasteiger partial charge < -0.3 is 14.6 Å². The lowest BCUT2D eigenvalue weighted by Gasteiger charge is -2.41. The summed E-state index contributed by atoms with van der Waals surface area (Å²) in [6, 6.07) is 16.3. The van der Waals surface area contributed by atoms with Crippen LogP contribution in [0.5, 0.6) is 0 Å². The van der Waals surface area contributed by atoms with Crippen LogP contribution in [0.25, 0.3) is 11.3 Å². The predicted octanol–water partition coefficient (Wildman–Crippen LogP) is 5.52. The number of anilines is 1. The van der Waals surface area contributed by atoms with Crippen molar-refractivity contribution in [1.29, 1.82) is 0 Å². The number of piperidine rings is 1. The second-order valence-corrected chi connectivity index (χ2v) is 10.8. The summed E-state index contributed by atoms with van der Waals surface area (Å²) in [5.74, 6) is 1.22. The lowest BCUT2D eigenvalue weighted by atomic mass is 9.73. The van der Waals surface area contributed by atoms with Gasteiger partial charge in [0.15, 0.2) is 12.2 Å². The van der Waals surface area contributed by atoms with Crippen LogP contribution in [-0.4, -0.2) is 34.8 Å². The van der Waals surface area contributed by atoms with E-state index in [1.165, 1.54) is 17.5 Å². The molecule has 6 rings (SSSR count). The van der Waals surface area contributed by atoms with E-state index in [0.717, 1.165) is 56.4 Å². The molecule has 2 amide bonds. The van der Waals surface area contributed by atoms with E-state index in [4.69, 9.17) is 4.42 Å². The summed E-state index contributed by atoms with van der Waals surface area (Å²) in [5, 5.41) is 3.08. The second-order valence-electron chi connectivity index (χ2n) is 10.8. The Balaban J connectivity index is 1.15. The van der Waals surface area contributed by atoms with E-state index in [1.54, 1.807) is 6.20 Å². The number of likely N-dealkylation sites (tertiary alicyclic amines) is 1. The van der Waals surface area contributed by atoms with Gasteiger partial charge in [-0.2, -0.15) is 0 Å². The summed E-state index contributed by atoms with van der Waals surface area (Å²) in [5.41, 5.74) is 4.28. The Kier molecular flexibility index (Phi) is 5.28. The summed E-state index contributed by atoms with van der Waals surface area (Å²) >= 11 is 0. The highest BCUT2D eigenvalue weighted by molar-refractivity contribution is 5.92. The largest absolute Gasteiger partial charge is 0.444 e. The molecule has 1 aromatic heterocycles. The van der Waals surface area contributed by atoms with Crippen molar-refractivity contribution in [3.8, 4) is 11.3 Å². The number of hydrogen-bond acceptors (Lipinski definition) is 4. The van der Waals surface area contributed by atoms with Gasteiger partial charge in [0.05, 0.1) is 6.20 Å². The number of carbonyl (C=O) groups excluding carboxylic acids is 2. The third-order valence-electron chi connectivity index (χ3n) is 8.43. The Morgan fingerprint density at radius 2 is 1.89 bits per heavy atom. The number of fused-ring (bicyclic) bond motifs is 2. The number of oxazole rings is 1. The monoisotopic (exact) mass is 469 g/mol. The fraction of sp³-hybridized carbons (Fsp3) is 0.414. The summed E-state index contributed by atoms with van der Waals surface area (Å²) in [6.45, 7) is 3.73. The van der Waals surface area contributed by atoms with E-state index in [9.17, 15) is 9.59 Å². The lowest BCUT2D eigenvalue weighted by molar-refractivity contribution is -0.138. The van der Waals surface area contributed by atoms with E-state index >= 15 is 0 Å². The first-order valence-electron chi connectivity index (χ1n) is 12.6. The van der Waals surface area contributed by atoms with Gasteiger partial charge in [-0.15, -0.1) is 0 Å². The molecule has 1 N–H and O–H groups in total. The van der Waals surface area contributed by atoms with Crippen molar-refractivity contribution < 1.29 is 14.0 Å². The van der Waals surface area contributed by atoms with Crippen molar-refractivity contribution in [1.82, 2.24) is 9.88 Å². The molecule has 1 spiro atoms. The van der Waals surface area contributed by atoms with Gasteiger partial charge in [0.1, 0.15) is 0 Å². The van der Waals surface area contributed by atoms with Crippen molar-refractivity contribution in [3.05, 3.63) is 72.2 Å². The zero-order chi connectivity index (χ0) is 24.0. The molecular weight excluding hydrogens is 438 g/mol. The summed E-state index contributed by atoms with van der Waals surface area (Å²) < 4.78 is 5.39. The molecule has 1 aliphatic heterocycles. The van der Waals surface area contributed by atoms with Crippen molar-refractivity contribution in [2.45, 2.75) is 56.8 Å². The molecule has 1 unspecified atom stereocenters. The molecular formula is C29H31N3O3. The van der Waals surface area contributed by atoms with E-state index in [-0.39, 0.29) is 22.7 Å². The Bertz CT molecular complexity index is 1250. The molecule has 0 radical (unpaired) electrons. The minimum absolute atomic E-state index is 0.0193. The molecule has 2 aromatic carbocycles. The predicted molar refractivity (Wildman–Crippen MR) is 134 cm³/mol. The number of nitrogens with zero attached hydrogens (tertiary/aromatic N) is 2. The third-order valence-corrected chi connectivity index (χ3v) is 8.43. The SMILES string of the molecule is CC1(C(=O)N2CCC3(CC2)CC(CC(=O)Nc2cccc(-c4cnco4)c2)c2ccccc23)CC1. The van der Waals surface area contributed by atoms with Crippen LogP contribution in [0.2, 0.25) is 0 Å². The summed E-state index contributed by atoms with van der Waals surface area (Å²) in [7, 11) is 0. The lowest BCUT2D eigenvalue weighted by Crippen LogP contribution is -2.46. The standard InChI is InChI=1S/C29H31N3O3/c1-28(9-10-28)27(34)32-13-11-29(12-14-32)17-21(23-7-2-3-8-24(23)29)16-26(33)31-22-6-4-5-20(15-22)25-18-30-19-35-25/h2-8,15,18-19,21H,9-14,16-17H2,1H3,(H,31,33). The Hall–Kier alpha value is -3.41. The zero-order valence-corrected chi connectivity index (χ0v) is 20.1.